The molecule has 1 saturated heterocycles. The second-order valence-corrected chi connectivity index (χ2v) is 4.88. The van der Waals surface area contributed by atoms with Crippen LogP contribution in [0.5, 0.6) is 5.75 Å². The molecule has 1 aromatic rings. The molecule has 2 heterocycles. The van der Waals surface area contributed by atoms with Crippen LogP contribution in [0.15, 0.2) is 18.2 Å². The highest BCUT2D eigenvalue weighted by atomic mass is 16.5. The summed E-state index contributed by atoms with van der Waals surface area (Å²) >= 11 is 0. The third kappa shape index (κ3) is 2.07. The summed E-state index contributed by atoms with van der Waals surface area (Å²) in [6.07, 6.45) is 1.76. The van der Waals surface area contributed by atoms with E-state index in [2.05, 4.69) is 5.32 Å². The molecule has 0 aromatic heterocycles. The Balaban J connectivity index is 1.85. The fraction of sp³-hybridized carbons (Fsp3) is 0.500. The molecule has 0 saturated carbocycles. The standard InChI is InChI=1S/C12H16BNO4/c15-13(16)9-1-2-11-10(7-9)14-8-12(18-11)3-5-17-6-4-12/h1-2,7,14-16H,3-6,8H2. The van der Waals surface area contributed by atoms with E-state index in [1.165, 1.54) is 0 Å². The Morgan fingerprint density at radius 2 is 2.00 bits per heavy atom. The van der Waals surface area contributed by atoms with E-state index in [-0.39, 0.29) is 5.60 Å². The van der Waals surface area contributed by atoms with Crippen molar-refractivity contribution in [2.24, 2.45) is 0 Å². The number of hydrogen-bond acceptors (Lipinski definition) is 5. The van der Waals surface area contributed by atoms with Crippen LogP contribution >= 0.6 is 0 Å². The molecule has 1 spiro atoms. The Labute approximate surface area is 106 Å². The monoisotopic (exact) mass is 249 g/mol. The lowest BCUT2D eigenvalue weighted by Crippen LogP contribution is -2.50. The van der Waals surface area contributed by atoms with E-state index in [0.717, 1.165) is 44.0 Å². The number of rotatable bonds is 1. The zero-order valence-corrected chi connectivity index (χ0v) is 10.1. The zero-order chi connectivity index (χ0) is 12.6. The van der Waals surface area contributed by atoms with Gasteiger partial charge in [-0.1, -0.05) is 6.07 Å². The summed E-state index contributed by atoms with van der Waals surface area (Å²) in [6, 6.07) is 5.17. The van der Waals surface area contributed by atoms with Crippen LogP contribution in [0.25, 0.3) is 0 Å². The van der Waals surface area contributed by atoms with E-state index in [0.29, 0.717) is 5.46 Å². The van der Waals surface area contributed by atoms with E-state index < -0.39 is 7.12 Å². The number of ether oxygens (including phenoxy) is 2. The molecule has 1 fully saturated rings. The summed E-state index contributed by atoms with van der Waals surface area (Å²) in [7, 11) is -1.45. The second-order valence-electron chi connectivity index (χ2n) is 4.88. The molecule has 3 rings (SSSR count). The van der Waals surface area contributed by atoms with Crippen molar-refractivity contribution in [1.29, 1.82) is 0 Å². The van der Waals surface area contributed by atoms with E-state index in [9.17, 15) is 0 Å². The quantitative estimate of drug-likeness (QED) is 0.597. The Morgan fingerprint density at radius 3 is 2.72 bits per heavy atom. The lowest BCUT2D eigenvalue weighted by atomic mass is 9.80. The highest BCUT2D eigenvalue weighted by Gasteiger charge is 2.38. The minimum absolute atomic E-state index is 0.176. The summed E-state index contributed by atoms with van der Waals surface area (Å²) in [5, 5.41) is 21.6. The minimum Gasteiger partial charge on any atom is -0.483 e. The number of fused-ring (bicyclic) bond motifs is 1. The van der Waals surface area contributed by atoms with Crippen LogP contribution in [0, 0.1) is 0 Å². The van der Waals surface area contributed by atoms with Gasteiger partial charge in [0.15, 0.2) is 0 Å². The van der Waals surface area contributed by atoms with Crippen LogP contribution in [-0.4, -0.2) is 42.5 Å². The van der Waals surface area contributed by atoms with E-state index in [1.807, 2.05) is 0 Å². The molecule has 0 aliphatic carbocycles. The van der Waals surface area contributed by atoms with Crippen molar-refractivity contribution in [3.8, 4) is 5.75 Å². The molecule has 0 atom stereocenters. The van der Waals surface area contributed by atoms with Gasteiger partial charge in [0.25, 0.3) is 0 Å². The predicted molar refractivity (Wildman–Crippen MR) is 68.2 cm³/mol. The second kappa shape index (κ2) is 4.46. The molecule has 96 valence electrons. The molecule has 0 bridgehead atoms. The van der Waals surface area contributed by atoms with Crippen LogP contribution in [-0.2, 0) is 4.74 Å². The average molecular weight is 249 g/mol. The molecular weight excluding hydrogens is 233 g/mol. The normalized spacial score (nSPS) is 20.8. The molecule has 2 aliphatic rings. The number of benzene rings is 1. The van der Waals surface area contributed by atoms with Gasteiger partial charge in [-0.25, -0.2) is 0 Å². The summed E-state index contributed by atoms with van der Waals surface area (Å²) in [5.41, 5.74) is 1.11. The van der Waals surface area contributed by atoms with Gasteiger partial charge in [0.1, 0.15) is 11.4 Å². The molecule has 0 unspecified atom stereocenters. The van der Waals surface area contributed by atoms with Crippen molar-refractivity contribution in [1.82, 2.24) is 0 Å². The van der Waals surface area contributed by atoms with Gasteiger partial charge in [-0.3, -0.25) is 0 Å². The highest BCUT2D eigenvalue weighted by molar-refractivity contribution is 6.58. The van der Waals surface area contributed by atoms with Gasteiger partial charge in [0.05, 0.1) is 25.4 Å². The van der Waals surface area contributed by atoms with Gasteiger partial charge in [-0.05, 0) is 17.6 Å². The van der Waals surface area contributed by atoms with E-state index in [4.69, 9.17) is 19.5 Å². The maximum Gasteiger partial charge on any atom is 0.488 e. The maximum absolute atomic E-state index is 9.14. The number of hydrogen-bond donors (Lipinski definition) is 3. The first-order valence-electron chi connectivity index (χ1n) is 6.19. The summed E-state index contributed by atoms with van der Waals surface area (Å²) < 4.78 is 11.5. The molecule has 5 nitrogen and oxygen atoms in total. The first kappa shape index (κ1) is 11.8. The third-order valence-electron chi connectivity index (χ3n) is 3.63. The van der Waals surface area contributed by atoms with Crippen LogP contribution in [0.1, 0.15) is 12.8 Å². The molecular formula is C12H16BNO4. The Morgan fingerprint density at radius 1 is 1.22 bits per heavy atom. The number of anilines is 1. The lowest BCUT2D eigenvalue weighted by Gasteiger charge is -2.41. The minimum atomic E-state index is -1.45. The first-order valence-corrected chi connectivity index (χ1v) is 6.19. The zero-order valence-electron chi connectivity index (χ0n) is 10.1. The van der Waals surface area contributed by atoms with Gasteiger partial charge in [0.2, 0.25) is 0 Å². The van der Waals surface area contributed by atoms with Gasteiger partial charge >= 0.3 is 7.12 Å². The van der Waals surface area contributed by atoms with Crippen molar-refractivity contribution < 1.29 is 19.5 Å². The topological polar surface area (TPSA) is 71.0 Å². The lowest BCUT2D eigenvalue weighted by molar-refractivity contribution is -0.0408. The maximum atomic E-state index is 9.14. The third-order valence-corrected chi connectivity index (χ3v) is 3.63. The van der Waals surface area contributed by atoms with Crippen molar-refractivity contribution in [3.63, 3.8) is 0 Å². The Bertz CT molecular complexity index is 446. The van der Waals surface area contributed by atoms with Crippen LogP contribution in [0.3, 0.4) is 0 Å². The largest absolute Gasteiger partial charge is 0.488 e. The van der Waals surface area contributed by atoms with Crippen molar-refractivity contribution in [2.45, 2.75) is 18.4 Å². The average Bonchev–Trinajstić information content (AvgIpc) is 2.39. The molecule has 0 amide bonds. The molecule has 3 N–H and O–H groups in total. The van der Waals surface area contributed by atoms with Crippen molar-refractivity contribution in [2.75, 3.05) is 25.1 Å². The Hall–Kier alpha value is -1.24. The fourth-order valence-corrected chi connectivity index (χ4v) is 2.48. The van der Waals surface area contributed by atoms with Crippen molar-refractivity contribution >= 4 is 18.3 Å². The fourth-order valence-electron chi connectivity index (χ4n) is 2.48. The van der Waals surface area contributed by atoms with Crippen LogP contribution in [0.2, 0.25) is 0 Å². The molecule has 2 aliphatic heterocycles. The number of nitrogens with one attached hydrogen (secondary N) is 1. The SMILES string of the molecule is OB(O)c1ccc2c(c1)NCC1(CCOCC1)O2. The molecule has 6 heteroatoms. The van der Waals surface area contributed by atoms with E-state index >= 15 is 0 Å². The summed E-state index contributed by atoms with van der Waals surface area (Å²) in [5.74, 6) is 0.771. The Kier molecular flexibility index (Phi) is 2.93. The first-order chi connectivity index (χ1) is 8.69. The van der Waals surface area contributed by atoms with Gasteiger partial charge in [-0.2, -0.15) is 0 Å². The molecule has 1 aromatic carbocycles. The van der Waals surface area contributed by atoms with Crippen molar-refractivity contribution in [3.05, 3.63) is 18.2 Å². The van der Waals surface area contributed by atoms with Gasteiger partial charge < -0.3 is 24.8 Å². The molecule has 0 radical (unpaired) electrons. The van der Waals surface area contributed by atoms with Crippen LogP contribution < -0.4 is 15.5 Å². The van der Waals surface area contributed by atoms with E-state index in [1.54, 1.807) is 18.2 Å². The molecule has 18 heavy (non-hydrogen) atoms. The van der Waals surface area contributed by atoms with Gasteiger partial charge in [-0.15, -0.1) is 0 Å². The summed E-state index contributed by atoms with van der Waals surface area (Å²) in [4.78, 5) is 0. The summed E-state index contributed by atoms with van der Waals surface area (Å²) in [6.45, 7) is 2.18. The van der Waals surface area contributed by atoms with Crippen LogP contribution in [0.4, 0.5) is 5.69 Å². The van der Waals surface area contributed by atoms with Gasteiger partial charge in [0, 0.05) is 12.8 Å². The predicted octanol–water partition coefficient (Wildman–Crippen LogP) is -0.280. The highest BCUT2D eigenvalue weighted by Crippen LogP contribution is 2.36. The smallest absolute Gasteiger partial charge is 0.483 e.